The fraction of sp³-hybridized carbons (Fsp3) is 0.438. The van der Waals surface area contributed by atoms with E-state index in [-0.39, 0.29) is 0 Å². The lowest BCUT2D eigenvalue weighted by atomic mass is 10.1. The summed E-state index contributed by atoms with van der Waals surface area (Å²) in [7, 11) is 0. The van der Waals surface area contributed by atoms with E-state index >= 15 is 0 Å². The van der Waals surface area contributed by atoms with Crippen LogP contribution in [0.4, 0.5) is 0 Å². The minimum absolute atomic E-state index is 0.353. The predicted molar refractivity (Wildman–Crippen MR) is 86.9 cm³/mol. The fourth-order valence-electron chi connectivity index (χ4n) is 2.38. The van der Waals surface area contributed by atoms with Gasteiger partial charge in [-0.2, -0.15) is 5.10 Å². The van der Waals surface area contributed by atoms with Crippen LogP contribution in [-0.2, 0) is 6.54 Å². The molecule has 0 aliphatic heterocycles. The first-order chi connectivity index (χ1) is 9.58. The molecule has 2 aromatic rings. The Morgan fingerprint density at radius 3 is 2.70 bits per heavy atom. The number of nitrogens with zero attached hydrogens (tertiary/aromatic N) is 2. The van der Waals surface area contributed by atoms with Crippen LogP contribution in [0.25, 0.3) is 0 Å². The second-order valence-electron chi connectivity index (χ2n) is 5.20. The Morgan fingerprint density at radius 2 is 2.05 bits per heavy atom. The van der Waals surface area contributed by atoms with Gasteiger partial charge in [0.2, 0.25) is 0 Å². The van der Waals surface area contributed by atoms with Gasteiger partial charge in [-0.3, -0.25) is 4.68 Å². The van der Waals surface area contributed by atoms with Crippen LogP contribution in [0.15, 0.2) is 34.8 Å². The van der Waals surface area contributed by atoms with Crippen LogP contribution >= 0.6 is 15.9 Å². The van der Waals surface area contributed by atoms with Crippen LogP contribution in [0.1, 0.15) is 36.3 Å². The molecule has 0 radical (unpaired) electrons. The zero-order valence-electron chi connectivity index (χ0n) is 12.4. The molecule has 0 bridgehead atoms. The number of aryl methyl sites for hydroxylation is 3. The maximum atomic E-state index is 4.48. The van der Waals surface area contributed by atoms with E-state index in [1.807, 2.05) is 13.0 Å². The molecule has 20 heavy (non-hydrogen) atoms. The second kappa shape index (κ2) is 7.04. The molecule has 1 unspecified atom stereocenters. The largest absolute Gasteiger partial charge is 0.310 e. The molecule has 3 nitrogen and oxygen atoms in total. The average molecular weight is 336 g/mol. The summed E-state index contributed by atoms with van der Waals surface area (Å²) in [5, 5.41) is 8.05. The zero-order valence-corrected chi connectivity index (χ0v) is 13.9. The zero-order chi connectivity index (χ0) is 14.5. The Labute approximate surface area is 129 Å². The van der Waals surface area contributed by atoms with Gasteiger partial charge in [0.05, 0.1) is 5.69 Å². The van der Waals surface area contributed by atoms with Crippen molar-refractivity contribution in [2.24, 2.45) is 0 Å². The highest BCUT2D eigenvalue weighted by molar-refractivity contribution is 9.10. The maximum absolute atomic E-state index is 4.48. The van der Waals surface area contributed by atoms with Crippen molar-refractivity contribution in [2.75, 3.05) is 6.54 Å². The van der Waals surface area contributed by atoms with Crippen molar-refractivity contribution < 1.29 is 0 Å². The quantitative estimate of drug-likeness (QED) is 0.808. The lowest BCUT2D eigenvalue weighted by Crippen LogP contribution is -2.21. The van der Waals surface area contributed by atoms with E-state index in [9.17, 15) is 0 Å². The standard InChI is InChI=1S/C16H22BrN3/c1-12-11-13(2)20(19-12)10-6-9-18-14(3)15-7-4-5-8-16(15)17/h4-5,7-8,11,14,18H,6,9-10H2,1-3H3. The predicted octanol–water partition coefficient (Wildman–Crippen LogP) is 4.00. The first-order valence-corrected chi connectivity index (χ1v) is 7.86. The van der Waals surface area contributed by atoms with Gasteiger partial charge >= 0.3 is 0 Å². The summed E-state index contributed by atoms with van der Waals surface area (Å²) < 4.78 is 3.25. The van der Waals surface area contributed by atoms with Gasteiger partial charge in [0.15, 0.2) is 0 Å². The van der Waals surface area contributed by atoms with Crippen molar-refractivity contribution in [1.29, 1.82) is 0 Å². The SMILES string of the molecule is Cc1cc(C)n(CCCNC(C)c2ccccc2Br)n1. The van der Waals surface area contributed by atoms with Crippen molar-refractivity contribution in [3.8, 4) is 0 Å². The second-order valence-corrected chi connectivity index (χ2v) is 6.06. The third-order valence-electron chi connectivity index (χ3n) is 3.47. The van der Waals surface area contributed by atoms with Gasteiger partial charge in [0.1, 0.15) is 0 Å². The summed E-state index contributed by atoms with van der Waals surface area (Å²) in [5.41, 5.74) is 3.64. The first kappa shape index (κ1) is 15.3. The Kier molecular flexibility index (Phi) is 5.38. The molecule has 0 saturated carbocycles. The monoisotopic (exact) mass is 335 g/mol. The van der Waals surface area contributed by atoms with Gasteiger partial charge in [-0.1, -0.05) is 34.1 Å². The van der Waals surface area contributed by atoms with Crippen LogP contribution in [0, 0.1) is 13.8 Å². The van der Waals surface area contributed by atoms with Crippen LogP contribution in [-0.4, -0.2) is 16.3 Å². The molecule has 0 saturated heterocycles. The molecular formula is C16H22BrN3. The Balaban J connectivity index is 1.79. The van der Waals surface area contributed by atoms with E-state index in [1.165, 1.54) is 15.7 Å². The molecule has 1 atom stereocenters. The summed E-state index contributed by atoms with van der Waals surface area (Å²) in [6, 6.07) is 10.8. The van der Waals surface area contributed by atoms with Gasteiger partial charge in [-0.05, 0) is 51.4 Å². The molecule has 1 aromatic heterocycles. The molecule has 1 N–H and O–H groups in total. The number of hydrogen-bond donors (Lipinski definition) is 1. The van der Waals surface area contributed by atoms with Crippen molar-refractivity contribution in [3.05, 3.63) is 51.8 Å². The van der Waals surface area contributed by atoms with Gasteiger partial charge in [-0.15, -0.1) is 0 Å². The van der Waals surface area contributed by atoms with Crippen molar-refractivity contribution in [1.82, 2.24) is 15.1 Å². The van der Waals surface area contributed by atoms with Gasteiger partial charge in [0, 0.05) is 22.8 Å². The molecule has 0 amide bonds. The highest BCUT2D eigenvalue weighted by atomic mass is 79.9. The molecule has 1 heterocycles. The molecule has 0 aliphatic rings. The smallest absolute Gasteiger partial charge is 0.0596 e. The lowest BCUT2D eigenvalue weighted by molar-refractivity contribution is 0.499. The molecule has 4 heteroatoms. The average Bonchev–Trinajstić information content (AvgIpc) is 2.73. The number of aromatic nitrogens is 2. The van der Waals surface area contributed by atoms with Gasteiger partial charge < -0.3 is 5.32 Å². The fourth-order valence-corrected chi connectivity index (χ4v) is 3.01. The number of rotatable bonds is 6. The van der Waals surface area contributed by atoms with E-state index in [2.05, 4.69) is 69.1 Å². The van der Waals surface area contributed by atoms with Crippen LogP contribution < -0.4 is 5.32 Å². The van der Waals surface area contributed by atoms with E-state index < -0.39 is 0 Å². The summed E-state index contributed by atoms with van der Waals surface area (Å²) in [5.74, 6) is 0. The van der Waals surface area contributed by atoms with E-state index in [4.69, 9.17) is 0 Å². The van der Waals surface area contributed by atoms with Gasteiger partial charge in [0.25, 0.3) is 0 Å². The van der Waals surface area contributed by atoms with Crippen molar-refractivity contribution in [2.45, 2.75) is 39.8 Å². The number of hydrogen-bond acceptors (Lipinski definition) is 2. The molecule has 0 spiro atoms. The minimum Gasteiger partial charge on any atom is -0.310 e. The molecule has 108 valence electrons. The highest BCUT2D eigenvalue weighted by Crippen LogP contribution is 2.22. The first-order valence-electron chi connectivity index (χ1n) is 7.07. The Morgan fingerprint density at radius 1 is 1.30 bits per heavy atom. The van der Waals surface area contributed by atoms with E-state index in [0.717, 1.165) is 25.2 Å². The van der Waals surface area contributed by atoms with Gasteiger partial charge in [-0.25, -0.2) is 0 Å². The summed E-state index contributed by atoms with van der Waals surface area (Å²) in [6.45, 7) is 8.30. The number of nitrogens with one attached hydrogen (secondary N) is 1. The molecule has 1 aromatic carbocycles. The molecule has 0 aliphatic carbocycles. The van der Waals surface area contributed by atoms with Crippen LogP contribution in [0.3, 0.4) is 0 Å². The molecule has 2 rings (SSSR count). The summed E-state index contributed by atoms with van der Waals surface area (Å²) >= 11 is 3.60. The summed E-state index contributed by atoms with van der Waals surface area (Å²) in [4.78, 5) is 0. The minimum atomic E-state index is 0.353. The Hall–Kier alpha value is -1.13. The lowest BCUT2D eigenvalue weighted by Gasteiger charge is -2.16. The normalized spacial score (nSPS) is 12.6. The Bertz CT molecular complexity index is 563. The molecular weight excluding hydrogens is 314 g/mol. The highest BCUT2D eigenvalue weighted by Gasteiger charge is 2.07. The summed E-state index contributed by atoms with van der Waals surface area (Å²) in [6.07, 6.45) is 1.08. The number of benzene rings is 1. The van der Waals surface area contributed by atoms with Crippen molar-refractivity contribution in [3.63, 3.8) is 0 Å². The van der Waals surface area contributed by atoms with E-state index in [0.29, 0.717) is 6.04 Å². The van der Waals surface area contributed by atoms with Crippen LogP contribution in [0.5, 0.6) is 0 Å². The third-order valence-corrected chi connectivity index (χ3v) is 4.19. The molecule has 0 fully saturated rings. The van der Waals surface area contributed by atoms with Crippen LogP contribution in [0.2, 0.25) is 0 Å². The van der Waals surface area contributed by atoms with E-state index in [1.54, 1.807) is 0 Å². The maximum Gasteiger partial charge on any atom is 0.0596 e. The van der Waals surface area contributed by atoms with Crippen molar-refractivity contribution >= 4 is 15.9 Å². The third kappa shape index (κ3) is 3.93. The topological polar surface area (TPSA) is 29.9 Å². The number of halogens is 1.